The largest absolute Gasteiger partial charge is 0.314 e. The molecule has 1 aliphatic heterocycles. The Morgan fingerprint density at radius 3 is 2.93 bits per heavy atom. The van der Waals surface area contributed by atoms with Gasteiger partial charge in [0.15, 0.2) is 0 Å². The molecule has 1 saturated heterocycles. The summed E-state index contributed by atoms with van der Waals surface area (Å²) in [6, 6.07) is 2.00. The fourth-order valence-corrected chi connectivity index (χ4v) is 1.98. The number of aromatic nitrogens is 1. The third-order valence-electron chi connectivity index (χ3n) is 2.45. The second kappa shape index (κ2) is 4.87. The fraction of sp³-hybridized carbons (Fsp3) is 0.500. The normalized spacial score (nSPS) is 18.4. The van der Waals surface area contributed by atoms with Gasteiger partial charge in [0.05, 0.1) is 0 Å². The van der Waals surface area contributed by atoms with Crippen molar-refractivity contribution < 1.29 is 0 Å². The zero-order valence-corrected chi connectivity index (χ0v) is 9.63. The average molecular weight is 256 g/mol. The molecule has 1 fully saturated rings. The Bertz CT molecular complexity index is 297. The molecule has 0 amide bonds. The molecule has 0 saturated carbocycles. The van der Waals surface area contributed by atoms with Crippen LogP contribution >= 0.6 is 15.9 Å². The van der Waals surface area contributed by atoms with E-state index in [2.05, 4.69) is 31.1 Å². The van der Waals surface area contributed by atoms with E-state index in [0.717, 1.165) is 37.2 Å². The van der Waals surface area contributed by atoms with Gasteiger partial charge in [-0.2, -0.15) is 0 Å². The molecule has 1 N–H and O–H groups in total. The Balaban J connectivity index is 1.99. The maximum atomic E-state index is 4.14. The monoisotopic (exact) mass is 255 g/mol. The average Bonchev–Trinajstić information content (AvgIpc) is 2.23. The lowest BCUT2D eigenvalue weighted by Gasteiger charge is -2.27. The van der Waals surface area contributed by atoms with E-state index >= 15 is 0 Å². The van der Waals surface area contributed by atoms with Gasteiger partial charge in [0, 0.05) is 49.6 Å². The summed E-state index contributed by atoms with van der Waals surface area (Å²) in [5, 5.41) is 3.35. The van der Waals surface area contributed by atoms with Crippen LogP contribution in [0.15, 0.2) is 22.9 Å². The number of hydrogen-bond donors (Lipinski definition) is 1. The molecule has 2 rings (SSSR count). The highest BCUT2D eigenvalue weighted by atomic mass is 79.9. The van der Waals surface area contributed by atoms with Crippen molar-refractivity contribution in [3.05, 3.63) is 28.5 Å². The molecular weight excluding hydrogens is 242 g/mol. The molecule has 2 heterocycles. The molecule has 0 spiro atoms. The van der Waals surface area contributed by atoms with Crippen LogP contribution in [0.25, 0.3) is 0 Å². The van der Waals surface area contributed by atoms with Crippen LogP contribution in [0.5, 0.6) is 0 Å². The van der Waals surface area contributed by atoms with Gasteiger partial charge in [0.2, 0.25) is 0 Å². The van der Waals surface area contributed by atoms with Crippen LogP contribution in [0.4, 0.5) is 0 Å². The first-order valence-electron chi connectivity index (χ1n) is 4.88. The Kier molecular flexibility index (Phi) is 3.50. The minimum atomic E-state index is 0.996. The highest BCUT2D eigenvalue weighted by molar-refractivity contribution is 9.10. The van der Waals surface area contributed by atoms with E-state index in [1.807, 2.05) is 18.5 Å². The first kappa shape index (κ1) is 10.1. The van der Waals surface area contributed by atoms with Crippen molar-refractivity contribution in [3.63, 3.8) is 0 Å². The first-order chi connectivity index (χ1) is 6.86. The number of pyridine rings is 1. The molecule has 0 atom stereocenters. The Morgan fingerprint density at radius 1 is 1.43 bits per heavy atom. The van der Waals surface area contributed by atoms with Gasteiger partial charge in [-0.15, -0.1) is 0 Å². The number of halogens is 1. The molecule has 76 valence electrons. The van der Waals surface area contributed by atoms with Gasteiger partial charge in [0.1, 0.15) is 0 Å². The first-order valence-corrected chi connectivity index (χ1v) is 5.67. The van der Waals surface area contributed by atoms with Gasteiger partial charge in [0.25, 0.3) is 0 Å². The smallest absolute Gasteiger partial charge is 0.0324 e. The van der Waals surface area contributed by atoms with Crippen LogP contribution < -0.4 is 5.32 Å². The number of nitrogens with zero attached hydrogens (tertiary/aromatic N) is 2. The van der Waals surface area contributed by atoms with Crippen molar-refractivity contribution in [3.8, 4) is 0 Å². The molecule has 0 aliphatic carbocycles. The highest BCUT2D eigenvalue weighted by Gasteiger charge is 2.10. The number of nitrogens with one attached hydrogen (secondary N) is 1. The standard InChI is InChI=1S/C10H14BrN3/c11-10-1-2-13-7-9(10)8-14-5-3-12-4-6-14/h1-2,7,12H,3-6,8H2. The van der Waals surface area contributed by atoms with Crippen molar-refractivity contribution in [1.29, 1.82) is 0 Å². The number of hydrogen-bond acceptors (Lipinski definition) is 3. The summed E-state index contributed by atoms with van der Waals surface area (Å²) < 4.78 is 1.16. The van der Waals surface area contributed by atoms with Gasteiger partial charge in [-0.05, 0) is 11.6 Å². The summed E-state index contributed by atoms with van der Waals surface area (Å²) in [5.41, 5.74) is 1.27. The molecule has 0 aromatic carbocycles. The molecular formula is C10H14BrN3. The van der Waals surface area contributed by atoms with E-state index in [-0.39, 0.29) is 0 Å². The summed E-state index contributed by atoms with van der Waals surface area (Å²) in [7, 11) is 0. The SMILES string of the molecule is Brc1ccncc1CN1CCNCC1. The predicted molar refractivity (Wildman–Crippen MR) is 60.1 cm³/mol. The second-order valence-corrected chi connectivity index (χ2v) is 4.35. The van der Waals surface area contributed by atoms with Gasteiger partial charge in [-0.3, -0.25) is 9.88 Å². The minimum absolute atomic E-state index is 0.996. The topological polar surface area (TPSA) is 28.2 Å². The molecule has 0 bridgehead atoms. The fourth-order valence-electron chi connectivity index (χ4n) is 1.64. The molecule has 1 aromatic rings. The van der Waals surface area contributed by atoms with E-state index in [0.29, 0.717) is 0 Å². The summed E-state index contributed by atoms with van der Waals surface area (Å²) in [6.07, 6.45) is 3.75. The van der Waals surface area contributed by atoms with Gasteiger partial charge >= 0.3 is 0 Å². The maximum absolute atomic E-state index is 4.14. The van der Waals surface area contributed by atoms with Crippen LogP contribution in [0.1, 0.15) is 5.56 Å². The van der Waals surface area contributed by atoms with Crippen LogP contribution in [0.3, 0.4) is 0 Å². The van der Waals surface area contributed by atoms with Gasteiger partial charge in [-0.25, -0.2) is 0 Å². The number of piperazine rings is 1. The zero-order chi connectivity index (χ0) is 9.80. The summed E-state index contributed by atoms with van der Waals surface area (Å²) in [4.78, 5) is 6.58. The van der Waals surface area contributed by atoms with Crippen LogP contribution in [-0.2, 0) is 6.54 Å². The van der Waals surface area contributed by atoms with Crippen molar-refractivity contribution >= 4 is 15.9 Å². The lowest BCUT2D eigenvalue weighted by atomic mass is 10.2. The molecule has 0 radical (unpaired) electrons. The van der Waals surface area contributed by atoms with Crippen LogP contribution in [0, 0.1) is 0 Å². The van der Waals surface area contributed by atoms with Crippen molar-refractivity contribution in [2.75, 3.05) is 26.2 Å². The van der Waals surface area contributed by atoms with Crippen molar-refractivity contribution in [2.24, 2.45) is 0 Å². The van der Waals surface area contributed by atoms with Gasteiger partial charge in [-0.1, -0.05) is 15.9 Å². The van der Waals surface area contributed by atoms with Crippen LogP contribution in [0.2, 0.25) is 0 Å². The molecule has 3 nitrogen and oxygen atoms in total. The predicted octanol–water partition coefficient (Wildman–Crippen LogP) is 1.25. The third-order valence-corrected chi connectivity index (χ3v) is 3.22. The molecule has 1 aliphatic rings. The number of rotatable bonds is 2. The van der Waals surface area contributed by atoms with Crippen molar-refractivity contribution in [2.45, 2.75) is 6.54 Å². The molecule has 4 heteroatoms. The van der Waals surface area contributed by atoms with E-state index in [9.17, 15) is 0 Å². The third kappa shape index (κ3) is 2.53. The quantitative estimate of drug-likeness (QED) is 0.863. The van der Waals surface area contributed by atoms with Gasteiger partial charge < -0.3 is 5.32 Å². The second-order valence-electron chi connectivity index (χ2n) is 3.49. The minimum Gasteiger partial charge on any atom is -0.314 e. The Labute approximate surface area is 92.6 Å². The Morgan fingerprint density at radius 2 is 2.21 bits per heavy atom. The van der Waals surface area contributed by atoms with E-state index < -0.39 is 0 Å². The highest BCUT2D eigenvalue weighted by Crippen LogP contribution is 2.16. The van der Waals surface area contributed by atoms with Crippen LogP contribution in [-0.4, -0.2) is 36.1 Å². The molecule has 14 heavy (non-hydrogen) atoms. The zero-order valence-electron chi connectivity index (χ0n) is 8.04. The van der Waals surface area contributed by atoms with E-state index in [1.54, 1.807) is 0 Å². The summed E-state index contributed by atoms with van der Waals surface area (Å²) in [5.74, 6) is 0. The maximum Gasteiger partial charge on any atom is 0.0324 e. The van der Waals surface area contributed by atoms with E-state index in [4.69, 9.17) is 0 Å². The summed E-state index contributed by atoms with van der Waals surface area (Å²) >= 11 is 3.54. The summed E-state index contributed by atoms with van der Waals surface area (Å²) in [6.45, 7) is 5.44. The lowest BCUT2D eigenvalue weighted by Crippen LogP contribution is -2.42. The van der Waals surface area contributed by atoms with E-state index in [1.165, 1.54) is 5.56 Å². The van der Waals surface area contributed by atoms with Crippen molar-refractivity contribution in [1.82, 2.24) is 15.2 Å². The lowest BCUT2D eigenvalue weighted by molar-refractivity contribution is 0.232. The molecule has 1 aromatic heterocycles. The molecule has 0 unspecified atom stereocenters. The Hall–Kier alpha value is -0.450.